The van der Waals surface area contributed by atoms with Crippen molar-refractivity contribution in [3.8, 4) is 23.3 Å². The van der Waals surface area contributed by atoms with Crippen LogP contribution in [0, 0.1) is 11.8 Å². The van der Waals surface area contributed by atoms with Gasteiger partial charge in [0.1, 0.15) is 24.2 Å². The van der Waals surface area contributed by atoms with Crippen LogP contribution in [0.4, 0.5) is 0 Å². The Labute approximate surface area is 195 Å². The van der Waals surface area contributed by atoms with E-state index in [1.807, 2.05) is 24.3 Å². The van der Waals surface area contributed by atoms with Crippen molar-refractivity contribution in [2.45, 2.75) is 37.3 Å². The number of piperidine rings is 1. The van der Waals surface area contributed by atoms with Crippen molar-refractivity contribution < 1.29 is 27.4 Å². The van der Waals surface area contributed by atoms with Gasteiger partial charge in [0.25, 0.3) is 0 Å². The second kappa shape index (κ2) is 11.7. The van der Waals surface area contributed by atoms with Crippen LogP contribution in [-0.2, 0) is 25.9 Å². The Balaban J connectivity index is 1.44. The average Bonchev–Trinajstić information content (AvgIpc) is 2.81. The number of esters is 1. The van der Waals surface area contributed by atoms with Crippen molar-refractivity contribution in [3.05, 3.63) is 54.1 Å². The minimum absolute atomic E-state index is 0.0580. The fourth-order valence-electron chi connectivity index (χ4n) is 3.57. The Hall–Kier alpha value is -3.02. The molecule has 1 aliphatic rings. The molecule has 0 spiro atoms. The summed E-state index contributed by atoms with van der Waals surface area (Å²) in [5.41, 5.74) is 1.19. The number of likely N-dealkylation sites (tertiary alicyclic amines) is 1. The summed E-state index contributed by atoms with van der Waals surface area (Å²) in [5, 5.41) is 0. The fraction of sp³-hybridized carbons (Fsp3) is 0.400. The van der Waals surface area contributed by atoms with Crippen LogP contribution < -0.4 is 9.47 Å². The summed E-state index contributed by atoms with van der Waals surface area (Å²) < 4.78 is 41.2. The van der Waals surface area contributed by atoms with Crippen LogP contribution in [0.2, 0.25) is 0 Å². The molecular formula is C25H29NO6S. The van der Waals surface area contributed by atoms with Crippen LogP contribution in [-0.4, -0.2) is 58.0 Å². The molecule has 0 radical (unpaired) electrons. The van der Waals surface area contributed by atoms with Gasteiger partial charge in [0.2, 0.25) is 0 Å². The van der Waals surface area contributed by atoms with Crippen LogP contribution >= 0.6 is 0 Å². The molecule has 8 heteroatoms. The highest BCUT2D eigenvalue weighted by Crippen LogP contribution is 2.20. The molecule has 0 N–H and O–H groups in total. The molecule has 0 aliphatic carbocycles. The van der Waals surface area contributed by atoms with E-state index in [9.17, 15) is 13.2 Å². The maximum absolute atomic E-state index is 12.6. The number of nitrogens with zero attached hydrogens (tertiary/aromatic N) is 1. The van der Waals surface area contributed by atoms with Gasteiger partial charge in [-0.1, -0.05) is 18.1 Å². The Kier molecular flexibility index (Phi) is 8.75. The molecule has 0 unspecified atom stereocenters. The maximum atomic E-state index is 12.6. The van der Waals surface area contributed by atoms with Gasteiger partial charge in [-0.2, -0.15) is 0 Å². The lowest BCUT2D eigenvalue weighted by atomic mass is 10.1. The summed E-state index contributed by atoms with van der Waals surface area (Å²) in [6, 6.07) is 13.9. The van der Waals surface area contributed by atoms with Crippen LogP contribution in [0.1, 0.15) is 25.3 Å². The maximum Gasteiger partial charge on any atom is 0.321 e. The van der Waals surface area contributed by atoms with E-state index in [0.717, 1.165) is 25.4 Å². The number of hydrogen-bond donors (Lipinski definition) is 0. The van der Waals surface area contributed by atoms with E-state index in [0.29, 0.717) is 18.6 Å². The lowest BCUT2D eigenvalue weighted by Gasteiger charge is -2.31. The molecule has 1 fully saturated rings. The molecule has 0 amide bonds. The predicted molar refractivity (Wildman–Crippen MR) is 125 cm³/mol. The zero-order valence-electron chi connectivity index (χ0n) is 19.0. The van der Waals surface area contributed by atoms with Crippen molar-refractivity contribution in [2.75, 3.05) is 32.6 Å². The van der Waals surface area contributed by atoms with E-state index in [1.165, 1.54) is 17.7 Å². The number of ether oxygens (including phenoxy) is 3. The largest absolute Gasteiger partial charge is 0.497 e. The third kappa shape index (κ3) is 7.52. The molecule has 0 saturated carbocycles. The van der Waals surface area contributed by atoms with Gasteiger partial charge in [0.05, 0.1) is 12.0 Å². The van der Waals surface area contributed by atoms with Crippen LogP contribution in [0.25, 0.3) is 0 Å². The molecule has 3 rings (SSSR count). The van der Waals surface area contributed by atoms with Gasteiger partial charge in [-0.3, -0.25) is 9.69 Å². The molecule has 1 heterocycles. The highest BCUT2D eigenvalue weighted by atomic mass is 32.2. The predicted octanol–water partition coefficient (Wildman–Crippen LogP) is 3.08. The van der Waals surface area contributed by atoms with Gasteiger partial charge in [0, 0.05) is 19.6 Å². The highest BCUT2D eigenvalue weighted by Gasteiger charge is 2.26. The molecular weight excluding hydrogens is 442 g/mol. The Morgan fingerprint density at radius 3 is 2.27 bits per heavy atom. The van der Waals surface area contributed by atoms with E-state index in [2.05, 4.69) is 16.7 Å². The number of carbonyl (C=O) groups is 1. The number of benzene rings is 2. The summed E-state index contributed by atoms with van der Waals surface area (Å²) >= 11 is 0. The minimum Gasteiger partial charge on any atom is -0.497 e. The SMILES string of the molecule is CC#CCOc1ccc(S(=O)(=O)CC(=O)OC2CCN(Cc3ccc(OC)cc3)CC2)cc1. The summed E-state index contributed by atoms with van der Waals surface area (Å²) in [5.74, 6) is 5.42. The molecule has 0 bridgehead atoms. The summed E-state index contributed by atoms with van der Waals surface area (Å²) in [7, 11) is -2.15. The van der Waals surface area contributed by atoms with Gasteiger partial charge in [-0.15, -0.1) is 5.92 Å². The normalized spacial score (nSPS) is 14.7. The van der Waals surface area contributed by atoms with Gasteiger partial charge in [-0.25, -0.2) is 8.42 Å². The van der Waals surface area contributed by atoms with Gasteiger partial charge >= 0.3 is 5.97 Å². The zero-order valence-corrected chi connectivity index (χ0v) is 19.8. The second-order valence-electron chi connectivity index (χ2n) is 7.76. The Morgan fingerprint density at radius 1 is 1.03 bits per heavy atom. The topological polar surface area (TPSA) is 82.1 Å². The Bertz CT molecular complexity index is 1080. The van der Waals surface area contributed by atoms with Gasteiger partial charge < -0.3 is 14.2 Å². The molecule has 2 aromatic rings. The molecule has 0 aromatic heterocycles. The summed E-state index contributed by atoms with van der Waals surface area (Å²) in [6.07, 6.45) is 1.08. The van der Waals surface area contributed by atoms with Gasteiger partial charge in [-0.05, 0) is 61.7 Å². The molecule has 1 saturated heterocycles. The van der Waals surface area contributed by atoms with Crippen molar-refractivity contribution in [1.82, 2.24) is 4.90 Å². The standard InChI is InChI=1S/C25H29NO6S/c1-3-4-17-31-22-9-11-24(12-10-22)33(28,29)19-25(27)32-23-13-15-26(16-14-23)18-20-5-7-21(30-2)8-6-20/h5-12,23H,13-19H2,1-2H3. The van der Waals surface area contributed by atoms with Crippen molar-refractivity contribution in [3.63, 3.8) is 0 Å². The van der Waals surface area contributed by atoms with E-state index < -0.39 is 21.6 Å². The quantitative estimate of drug-likeness (QED) is 0.411. The van der Waals surface area contributed by atoms with Crippen molar-refractivity contribution >= 4 is 15.8 Å². The molecule has 33 heavy (non-hydrogen) atoms. The summed E-state index contributed by atoms with van der Waals surface area (Å²) in [4.78, 5) is 14.7. The fourth-order valence-corrected chi connectivity index (χ4v) is 4.66. The van der Waals surface area contributed by atoms with Crippen LogP contribution in [0.15, 0.2) is 53.4 Å². The van der Waals surface area contributed by atoms with E-state index >= 15 is 0 Å². The molecule has 0 atom stereocenters. The number of sulfone groups is 1. The first kappa shape index (κ1) is 24.6. The first-order valence-corrected chi connectivity index (χ1v) is 12.4. The Morgan fingerprint density at radius 2 is 1.67 bits per heavy atom. The molecule has 1 aliphatic heterocycles. The number of carbonyl (C=O) groups excluding carboxylic acids is 1. The number of methoxy groups -OCH3 is 1. The number of hydrogen-bond acceptors (Lipinski definition) is 7. The van der Waals surface area contributed by atoms with Crippen LogP contribution in [0.3, 0.4) is 0 Å². The lowest BCUT2D eigenvalue weighted by Crippen LogP contribution is -2.38. The van der Waals surface area contributed by atoms with E-state index in [-0.39, 0.29) is 17.6 Å². The van der Waals surface area contributed by atoms with Crippen molar-refractivity contribution in [1.29, 1.82) is 0 Å². The van der Waals surface area contributed by atoms with Crippen LogP contribution in [0.5, 0.6) is 11.5 Å². The van der Waals surface area contributed by atoms with E-state index in [1.54, 1.807) is 26.2 Å². The third-order valence-electron chi connectivity index (χ3n) is 5.38. The number of rotatable bonds is 9. The van der Waals surface area contributed by atoms with Gasteiger partial charge in [0.15, 0.2) is 15.6 Å². The van der Waals surface area contributed by atoms with Crippen molar-refractivity contribution in [2.24, 2.45) is 0 Å². The molecule has 7 nitrogen and oxygen atoms in total. The monoisotopic (exact) mass is 471 g/mol. The zero-order chi connectivity index (χ0) is 23.7. The first-order valence-electron chi connectivity index (χ1n) is 10.8. The molecule has 176 valence electrons. The minimum atomic E-state index is -3.79. The second-order valence-corrected chi connectivity index (χ2v) is 9.75. The third-order valence-corrected chi connectivity index (χ3v) is 6.98. The highest BCUT2D eigenvalue weighted by molar-refractivity contribution is 7.92. The summed E-state index contributed by atoms with van der Waals surface area (Å²) in [6.45, 7) is 4.31. The first-order chi connectivity index (χ1) is 15.9. The lowest BCUT2D eigenvalue weighted by molar-refractivity contribution is -0.148. The average molecular weight is 472 g/mol. The molecule has 2 aromatic carbocycles. The smallest absolute Gasteiger partial charge is 0.321 e. The van der Waals surface area contributed by atoms with E-state index in [4.69, 9.17) is 14.2 Å².